The number of nitrogens with one attached hydrogen (secondary N) is 2. The number of nitrogens with zero attached hydrogens (tertiary/aromatic N) is 1. The molecule has 20 heavy (non-hydrogen) atoms. The van der Waals surface area contributed by atoms with Crippen molar-refractivity contribution in [2.24, 2.45) is 0 Å². The Hall–Kier alpha value is -1.76. The number of imidazole rings is 1. The highest BCUT2D eigenvalue weighted by atomic mass is 19.4. The molecule has 0 aliphatic carbocycles. The fourth-order valence-electron chi connectivity index (χ4n) is 2.76. The molecular weight excluding hydrogens is 271 g/mol. The van der Waals surface area contributed by atoms with Crippen LogP contribution < -0.4 is 11.0 Å². The number of benzene rings is 1. The monoisotopic (exact) mass is 285 g/mol. The number of hydrogen-bond acceptors (Lipinski definition) is 2. The maximum Gasteiger partial charge on any atom is 0.418 e. The van der Waals surface area contributed by atoms with E-state index < -0.39 is 17.4 Å². The van der Waals surface area contributed by atoms with Crippen LogP contribution in [0.5, 0.6) is 0 Å². The summed E-state index contributed by atoms with van der Waals surface area (Å²) in [5.74, 6) is 0. The number of aromatic nitrogens is 2. The van der Waals surface area contributed by atoms with Crippen molar-refractivity contribution in [2.45, 2.75) is 31.6 Å². The van der Waals surface area contributed by atoms with E-state index in [1.54, 1.807) is 0 Å². The summed E-state index contributed by atoms with van der Waals surface area (Å²) in [5.41, 5.74) is -1.10. The fraction of sp³-hybridized carbons (Fsp3) is 0.462. The average molecular weight is 285 g/mol. The molecule has 1 fully saturated rings. The number of rotatable bonds is 2. The van der Waals surface area contributed by atoms with Gasteiger partial charge in [0.2, 0.25) is 0 Å². The predicted octanol–water partition coefficient (Wildman–Crippen LogP) is 2.10. The lowest BCUT2D eigenvalue weighted by Gasteiger charge is -2.14. The molecule has 0 bridgehead atoms. The SMILES string of the molecule is O=c1[nH]c2cccc(C(F)(F)F)c2n1CC1CCCN1. The third-order valence-corrected chi connectivity index (χ3v) is 3.66. The van der Waals surface area contributed by atoms with Gasteiger partial charge in [0.15, 0.2) is 0 Å². The van der Waals surface area contributed by atoms with Gasteiger partial charge in [-0.15, -0.1) is 0 Å². The molecule has 1 aliphatic heterocycles. The first-order valence-electron chi connectivity index (χ1n) is 6.49. The van der Waals surface area contributed by atoms with Crippen LogP contribution in [0.15, 0.2) is 23.0 Å². The Balaban J connectivity index is 2.14. The number of halogens is 3. The molecule has 0 radical (unpaired) electrons. The van der Waals surface area contributed by atoms with Crippen LogP contribution in [-0.2, 0) is 12.7 Å². The highest BCUT2D eigenvalue weighted by molar-refractivity contribution is 5.79. The molecule has 1 aliphatic rings. The molecule has 1 aromatic heterocycles. The Morgan fingerprint density at radius 3 is 2.80 bits per heavy atom. The van der Waals surface area contributed by atoms with E-state index in [1.807, 2.05) is 0 Å². The van der Waals surface area contributed by atoms with Crippen LogP contribution in [0.1, 0.15) is 18.4 Å². The number of alkyl halides is 3. The molecule has 7 heteroatoms. The van der Waals surface area contributed by atoms with Gasteiger partial charge in [0.05, 0.1) is 16.6 Å². The molecule has 108 valence electrons. The second-order valence-electron chi connectivity index (χ2n) is 5.03. The van der Waals surface area contributed by atoms with Crippen LogP contribution in [0.25, 0.3) is 11.0 Å². The van der Waals surface area contributed by atoms with E-state index in [-0.39, 0.29) is 23.6 Å². The van der Waals surface area contributed by atoms with Crippen molar-refractivity contribution in [1.82, 2.24) is 14.9 Å². The standard InChI is InChI=1S/C13H14F3N3O/c14-13(15,16)9-4-1-5-10-11(9)19(12(20)18-10)7-8-3-2-6-17-8/h1,4-5,8,17H,2-3,6-7H2,(H,18,20). The summed E-state index contributed by atoms with van der Waals surface area (Å²) in [5, 5.41) is 3.19. The van der Waals surface area contributed by atoms with Crippen molar-refractivity contribution < 1.29 is 13.2 Å². The quantitative estimate of drug-likeness (QED) is 0.887. The van der Waals surface area contributed by atoms with Gasteiger partial charge in [-0.05, 0) is 31.5 Å². The lowest BCUT2D eigenvalue weighted by Crippen LogP contribution is -2.31. The molecule has 2 aromatic rings. The molecular formula is C13H14F3N3O. The van der Waals surface area contributed by atoms with E-state index in [2.05, 4.69) is 10.3 Å². The highest BCUT2D eigenvalue weighted by Gasteiger charge is 2.34. The van der Waals surface area contributed by atoms with E-state index in [4.69, 9.17) is 0 Å². The Kier molecular flexibility index (Phi) is 3.08. The summed E-state index contributed by atoms with van der Waals surface area (Å²) < 4.78 is 40.4. The van der Waals surface area contributed by atoms with Crippen molar-refractivity contribution in [3.05, 3.63) is 34.2 Å². The first kappa shape index (κ1) is 13.2. The normalized spacial score (nSPS) is 19.9. The third-order valence-electron chi connectivity index (χ3n) is 3.66. The van der Waals surface area contributed by atoms with Crippen molar-refractivity contribution >= 4 is 11.0 Å². The molecule has 2 heterocycles. The second kappa shape index (κ2) is 4.66. The average Bonchev–Trinajstić information content (AvgIpc) is 2.97. The van der Waals surface area contributed by atoms with Crippen LogP contribution in [-0.4, -0.2) is 22.1 Å². The van der Waals surface area contributed by atoms with Crippen LogP contribution in [0, 0.1) is 0 Å². The number of fused-ring (bicyclic) bond motifs is 1. The Bertz CT molecular complexity index is 680. The minimum atomic E-state index is -4.47. The summed E-state index contributed by atoms with van der Waals surface area (Å²) in [6.45, 7) is 1.10. The van der Waals surface area contributed by atoms with Gasteiger partial charge in [-0.1, -0.05) is 6.07 Å². The maximum absolute atomic E-state index is 13.1. The van der Waals surface area contributed by atoms with Crippen molar-refractivity contribution in [3.63, 3.8) is 0 Å². The zero-order chi connectivity index (χ0) is 14.3. The van der Waals surface area contributed by atoms with E-state index in [1.165, 1.54) is 16.7 Å². The Labute approximate surface area is 112 Å². The van der Waals surface area contributed by atoms with E-state index >= 15 is 0 Å². The van der Waals surface area contributed by atoms with Gasteiger partial charge < -0.3 is 10.3 Å². The third kappa shape index (κ3) is 2.22. The maximum atomic E-state index is 13.1. The summed E-state index contributed by atoms with van der Waals surface area (Å²) in [6.07, 6.45) is -2.62. The summed E-state index contributed by atoms with van der Waals surface area (Å²) in [7, 11) is 0. The molecule has 4 nitrogen and oxygen atoms in total. The van der Waals surface area contributed by atoms with Gasteiger partial charge in [-0.25, -0.2) is 4.79 Å². The van der Waals surface area contributed by atoms with Gasteiger partial charge in [0, 0.05) is 12.6 Å². The number of aromatic amines is 1. The molecule has 0 spiro atoms. The number of hydrogen-bond donors (Lipinski definition) is 2. The topological polar surface area (TPSA) is 49.8 Å². The first-order chi connectivity index (χ1) is 9.47. The molecule has 3 rings (SSSR count). The minimum Gasteiger partial charge on any atom is -0.312 e. The smallest absolute Gasteiger partial charge is 0.312 e. The second-order valence-corrected chi connectivity index (χ2v) is 5.03. The lowest BCUT2D eigenvalue weighted by atomic mass is 10.1. The predicted molar refractivity (Wildman–Crippen MR) is 68.6 cm³/mol. The Morgan fingerprint density at radius 1 is 1.35 bits per heavy atom. The molecule has 0 saturated carbocycles. The summed E-state index contributed by atoms with van der Waals surface area (Å²) >= 11 is 0. The molecule has 2 N–H and O–H groups in total. The Morgan fingerprint density at radius 2 is 2.15 bits per heavy atom. The van der Waals surface area contributed by atoms with Crippen LogP contribution >= 0.6 is 0 Å². The highest BCUT2D eigenvalue weighted by Crippen LogP contribution is 2.34. The van der Waals surface area contributed by atoms with E-state index in [9.17, 15) is 18.0 Å². The van der Waals surface area contributed by atoms with Crippen molar-refractivity contribution in [3.8, 4) is 0 Å². The largest absolute Gasteiger partial charge is 0.418 e. The zero-order valence-corrected chi connectivity index (χ0v) is 10.6. The van der Waals surface area contributed by atoms with Gasteiger partial charge >= 0.3 is 11.9 Å². The van der Waals surface area contributed by atoms with Crippen molar-refractivity contribution in [1.29, 1.82) is 0 Å². The minimum absolute atomic E-state index is 0.0491. The van der Waals surface area contributed by atoms with Crippen LogP contribution in [0.3, 0.4) is 0 Å². The van der Waals surface area contributed by atoms with E-state index in [0.717, 1.165) is 25.5 Å². The molecule has 1 aromatic carbocycles. The molecule has 0 amide bonds. The molecule has 1 unspecified atom stereocenters. The molecule has 1 atom stereocenters. The lowest BCUT2D eigenvalue weighted by molar-refractivity contribution is -0.136. The zero-order valence-electron chi connectivity index (χ0n) is 10.6. The summed E-state index contributed by atoms with van der Waals surface area (Å²) in [4.78, 5) is 14.4. The van der Waals surface area contributed by atoms with Gasteiger partial charge in [-0.3, -0.25) is 4.57 Å². The molecule has 1 saturated heterocycles. The van der Waals surface area contributed by atoms with Gasteiger partial charge in [-0.2, -0.15) is 13.2 Å². The number of para-hydroxylation sites is 1. The van der Waals surface area contributed by atoms with Gasteiger partial charge in [0.25, 0.3) is 0 Å². The summed E-state index contributed by atoms with van der Waals surface area (Å²) in [6, 6.07) is 3.85. The van der Waals surface area contributed by atoms with Crippen molar-refractivity contribution in [2.75, 3.05) is 6.54 Å². The fourth-order valence-corrected chi connectivity index (χ4v) is 2.76. The van der Waals surface area contributed by atoms with Gasteiger partial charge in [0.1, 0.15) is 0 Å². The van der Waals surface area contributed by atoms with Crippen LogP contribution in [0.2, 0.25) is 0 Å². The first-order valence-corrected chi connectivity index (χ1v) is 6.49. The van der Waals surface area contributed by atoms with E-state index in [0.29, 0.717) is 0 Å². The number of H-pyrrole nitrogens is 1. The van der Waals surface area contributed by atoms with Crippen LogP contribution in [0.4, 0.5) is 13.2 Å².